The Bertz CT molecular complexity index is 1370. The van der Waals surface area contributed by atoms with Crippen LogP contribution in [0.15, 0.2) is 34.1 Å². The molecule has 0 spiro atoms. The number of benzene rings is 2. The Morgan fingerprint density at radius 1 is 1.27 bits per heavy atom. The summed E-state index contributed by atoms with van der Waals surface area (Å²) in [7, 11) is 0. The van der Waals surface area contributed by atoms with Crippen molar-refractivity contribution in [3.05, 3.63) is 79.6 Å². The number of aromatic nitrogens is 2. The van der Waals surface area contributed by atoms with E-state index in [0.29, 0.717) is 17.2 Å². The summed E-state index contributed by atoms with van der Waals surface area (Å²) < 4.78 is 42.8. The first-order valence-electron chi connectivity index (χ1n) is 8.44. The van der Waals surface area contributed by atoms with Gasteiger partial charge in [0.2, 0.25) is 5.88 Å². The molecule has 0 atom stereocenters. The fourth-order valence-corrected chi connectivity index (χ4v) is 3.22. The predicted octanol–water partition coefficient (Wildman–Crippen LogP) is 4.13. The van der Waals surface area contributed by atoms with E-state index in [-0.39, 0.29) is 22.0 Å². The minimum atomic E-state index is -0.946. The zero-order chi connectivity index (χ0) is 21.6. The summed E-state index contributed by atoms with van der Waals surface area (Å²) in [5.74, 6) is -3.07. The lowest BCUT2D eigenvalue weighted by Crippen LogP contribution is -2.18. The molecule has 2 aromatic carbocycles. The van der Waals surface area contributed by atoms with Gasteiger partial charge in [0.05, 0.1) is 17.1 Å². The van der Waals surface area contributed by atoms with Crippen molar-refractivity contribution in [2.75, 3.05) is 0 Å². The number of rotatable bonds is 3. The number of H-pyrrole nitrogens is 1. The molecular formula is C20H10ClF3N4O2. The second-order valence-corrected chi connectivity index (χ2v) is 6.81. The van der Waals surface area contributed by atoms with Crippen LogP contribution < -0.4 is 5.69 Å². The number of hydrogen-bond acceptors (Lipinski definition) is 4. The Kier molecular flexibility index (Phi) is 4.72. The SMILES string of the molecule is N#Cc1cc(F)c(Cn2c(O)c(C=C3C=Nc4c3ccc(Cl)c4F)[nH]c2=O)cc1F. The first-order chi connectivity index (χ1) is 14.3. The number of fused-ring (bicyclic) bond motifs is 1. The summed E-state index contributed by atoms with van der Waals surface area (Å²) >= 11 is 5.74. The molecule has 1 aliphatic rings. The molecule has 0 unspecified atom stereocenters. The van der Waals surface area contributed by atoms with Gasteiger partial charge in [-0.1, -0.05) is 17.7 Å². The normalized spacial score (nSPS) is 13.6. The Hall–Kier alpha value is -3.77. The molecular weight excluding hydrogens is 421 g/mol. The molecule has 2 N–H and O–H groups in total. The van der Waals surface area contributed by atoms with E-state index in [1.165, 1.54) is 24.4 Å². The molecule has 0 fully saturated rings. The lowest BCUT2D eigenvalue weighted by atomic mass is 10.1. The number of aliphatic imine (C=N–C) groups is 1. The van der Waals surface area contributed by atoms with E-state index in [9.17, 15) is 23.1 Å². The molecule has 4 rings (SSSR count). The summed E-state index contributed by atoms with van der Waals surface area (Å²) in [6.45, 7) is -0.478. The van der Waals surface area contributed by atoms with Crippen LogP contribution in [0.25, 0.3) is 11.6 Å². The Labute approximate surface area is 171 Å². The quantitative estimate of drug-likeness (QED) is 0.654. The average Bonchev–Trinajstić information content (AvgIpc) is 3.23. The van der Waals surface area contributed by atoms with Crippen LogP contribution in [0.5, 0.6) is 5.88 Å². The third-order valence-electron chi connectivity index (χ3n) is 4.58. The molecule has 0 saturated carbocycles. The molecule has 10 heteroatoms. The van der Waals surface area contributed by atoms with Crippen LogP contribution in [-0.2, 0) is 6.54 Å². The number of aromatic amines is 1. The van der Waals surface area contributed by atoms with Crippen LogP contribution >= 0.6 is 11.6 Å². The van der Waals surface area contributed by atoms with Crippen molar-refractivity contribution in [1.29, 1.82) is 5.26 Å². The number of allylic oxidation sites excluding steroid dienone is 1. The van der Waals surface area contributed by atoms with Crippen molar-refractivity contribution in [3.8, 4) is 11.9 Å². The molecule has 150 valence electrons. The molecule has 0 saturated heterocycles. The maximum atomic E-state index is 14.1. The van der Waals surface area contributed by atoms with Crippen molar-refractivity contribution in [2.24, 2.45) is 4.99 Å². The zero-order valence-electron chi connectivity index (χ0n) is 14.9. The maximum Gasteiger partial charge on any atom is 0.329 e. The van der Waals surface area contributed by atoms with E-state index in [0.717, 1.165) is 10.6 Å². The van der Waals surface area contributed by atoms with Crippen molar-refractivity contribution in [1.82, 2.24) is 9.55 Å². The van der Waals surface area contributed by atoms with Gasteiger partial charge >= 0.3 is 5.69 Å². The van der Waals surface area contributed by atoms with Crippen LogP contribution in [0.4, 0.5) is 18.9 Å². The number of imidazole rings is 1. The van der Waals surface area contributed by atoms with Crippen molar-refractivity contribution in [2.45, 2.75) is 6.54 Å². The van der Waals surface area contributed by atoms with Crippen LogP contribution in [0.3, 0.4) is 0 Å². The number of nitrogens with one attached hydrogen (secondary N) is 1. The summed E-state index contributed by atoms with van der Waals surface area (Å²) in [5.41, 5.74) is -0.666. The number of nitrogens with zero attached hydrogens (tertiary/aromatic N) is 3. The van der Waals surface area contributed by atoms with Gasteiger partial charge in [-0.25, -0.2) is 18.0 Å². The molecule has 1 aliphatic heterocycles. The smallest absolute Gasteiger partial charge is 0.329 e. The Morgan fingerprint density at radius 2 is 2.03 bits per heavy atom. The van der Waals surface area contributed by atoms with E-state index in [4.69, 9.17) is 16.9 Å². The lowest BCUT2D eigenvalue weighted by Gasteiger charge is -2.06. The van der Waals surface area contributed by atoms with E-state index >= 15 is 0 Å². The van der Waals surface area contributed by atoms with Crippen LogP contribution in [0.1, 0.15) is 22.4 Å². The highest BCUT2D eigenvalue weighted by molar-refractivity contribution is 6.31. The molecule has 1 aromatic heterocycles. The second kappa shape index (κ2) is 7.24. The third-order valence-corrected chi connectivity index (χ3v) is 4.87. The van der Waals surface area contributed by atoms with Crippen LogP contribution in [0.2, 0.25) is 5.02 Å². The molecule has 30 heavy (non-hydrogen) atoms. The molecule has 0 bridgehead atoms. The van der Waals surface area contributed by atoms with Gasteiger partial charge in [-0.3, -0.25) is 9.56 Å². The summed E-state index contributed by atoms with van der Waals surface area (Å²) in [6.07, 6.45) is 2.71. The fourth-order valence-electron chi connectivity index (χ4n) is 3.07. The highest BCUT2D eigenvalue weighted by atomic mass is 35.5. The molecule has 0 amide bonds. The summed E-state index contributed by atoms with van der Waals surface area (Å²) in [6, 6.07) is 5.92. The fraction of sp³-hybridized carbons (Fsp3) is 0.0500. The van der Waals surface area contributed by atoms with Gasteiger partial charge < -0.3 is 10.1 Å². The number of halogens is 4. The largest absolute Gasteiger partial charge is 0.493 e. The number of aromatic hydroxyl groups is 1. The van der Waals surface area contributed by atoms with Gasteiger partial charge in [-0.05, 0) is 24.3 Å². The lowest BCUT2D eigenvalue weighted by molar-refractivity contribution is 0.418. The topological polar surface area (TPSA) is 94.2 Å². The van der Waals surface area contributed by atoms with E-state index in [1.54, 1.807) is 6.07 Å². The monoisotopic (exact) mass is 430 g/mol. The highest BCUT2D eigenvalue weighted by Gasteiger charge is 2.21. The standard InChI is InChI=1S/C20H10ClF3N4O2/c21-13-2-1-12-10(7-26-18(12)17(13)24)5-16-19(29)28(20(30)27-16)8-11-4-14(22)9(6-25)3-15(11)23/h1-5,7,29H,8H2,(H,27,30). The number of nitriles is 1. The van der Waals surface area contributed by atoms with Gasteiger partial charge in [0, 0.05) is 22.9 Å². The Morgan fingerprint density at radius 3 is 2.77 bits per heavy atom. The van der Waals surface area contributed by atoms with Crippen LogP contribution in [0, 0.1) is 28.8 Å². The van der Waals surface area contributed by atoms with E-state index in [1.807, 2.05) is 0 Å². The van der Waals surface area contributed by atoms with Gasteiger partial charge in [0.25, 0.3) is 0 Å². The average molecular weight is 431 g/mol. The van der Waals surface area contributed by atoms with Gasteiger partial charge in [-0.15, -0.1) is 0 Å². The highest BCUT2D eigenvalue weighted by Crippen LogP contribution is 2.38. The minimum absolute atomic E-state index is 0.0285. The van der Waals surface area contributed by atoms with Gasteiger partial charge in [0.15, 0.2) is 5.82 Å². The second-order valence-electron chi connectivity index (χ2n) is 6.40. The van der Waals surface area contributed by atoms with Crippen molar-refractivity contribution in [3.63, 3.8) is 0 Å². The van der Waals surface area contributed by atoms with Gasteiger partial charge in [-0.2, -0.15) is 5.26 Å². The maximum absolute atomic E-state index is 14.1. The molecule has 2 heterocycles. The molecule has 3 aromatic rings. The molecule has 6 nitrogen and oxygen atoms in total. The summed E-state index contributed by atoms with van der Waals surface area (Å²) in [4.78, 5) is 18.6. The third kappa shape index (κ3) is 3.17. The minimum Gasteiger partial charge on any atom is -0.493 e. The Balaban J connectivity index is 1.72. The van der Waals surface area contributed by atoms with Crippen LogP contribution in [-0.4, -0.2) is 20.9 Å². The first-order valence-corrected chi connectivity index (χ1v) is 8.82. The van der Waals surface area contributed by atoms with E-state index < -0.39 is 41.1 Å². The first kappa shape index (κ1) is 19.5. The molecule has 0 radical (unpaired) electrons. The number of hydrogen-bond donors (Lipinski definition) is 2. The van der Waals surface area contributed by atoms with Gasteiger partial charge in [0.1, 0.15) is 29.1 Å². The predicted molar refractivity (Wildman–Crippen MR) is 104 cm³/mol. The van der Waals surface area contributed by atoms with Crippen molar-refractivity contribution >= 4 is 35.2 Å². The van der Waals surface area contributed by atoms with E-state index in [2.05, 4.69) is 9.98 Å². The van der Waals surface area contributed by atoms with Crippen molar-refractivity contribution < 1.29 is 18.3 Å². The zero-order valence-corrected chi connectivity index (χ0v) is 15.6. The molecule has 0 aliphatic carbocycles. The summed E-state index contributed by atoms with van der Waals surface area (Å²) in [5, 5.41) is 19.1.